The van der Waals surface area contributed by atoms with Gasteiger partial charge in [-0.25, -0.2) is 4.98 Å². The van der Waals surface area contributed by atoms with Gasteiger partial charge in [-0.3, -0.25) is 4.79 Å². The van der Waals surface area contributed by atoms with E-state index in [2.05, 4.69) is 22.4 Å². The lowest BCUT2D eigenvalue weighted by Gasteiger charge is -2.09. The molecule has 27 heavy (non-hydrogen) atoms. The maximum Gasteiger partial charge on any atom is 0.229 e. The highest BCUT2D eigenvalue weighted by Gasteiger charge is 2.09. The fraction of sp³-hybridized carbons (Fsp3) is 0.200. The number of ether oxygens (including phenoxy) is 2. The van der Waals surface area contributed by atoms with Crippen LogP contribution >= 0.6 is 23.1 Å². The van der Waals surface area contributed by atoms with Crippen LogP contribution < -0.4 is 14.8 Å². The first-order valence-corrected chi connectivity index (χ1v) is 10.5. The summed E-state index contributed by atoms with van der Waals surface area (Å²) < 4.78 is 10.9. The molecule has 0 aliphatic carbocycles. The molecule has 3 aromatic rings. The van der Waals surface area contributed by atoms with Crippen LogP contribution in [0.25, 0.3) is 11.3 Å². The maximum absolute atomic E-state index is 12.1. The second-order valence-corrected chi connectivity index (χ2v) is 7.30. The second-order valence-electron chi connectivity index (χ2n) is 5.56. The summed E-state index contributed by atoms with van der Waals surface area (Å²) in [5.74, 6) is 1.14. The fourth-order valence-electron chi connectivity index (χ4n) is 2.40. The van der Waals surface area contributed by atoms with Gasteiger partial charge in [-0.15, -0.1) is 23.1 Å². The predicted molar refractivity (Wildman–Crippen MR) is 111 cm³/mol. The van der Waals surface area contributed by atoms with E-state index in [1.807, 2.05) is 48.0 Å². The van der Waals surface area contributed by atoms with Crippen LogP contribution in [0, 0.1) is 0 Å². The van der Waals surface area contributed by atoms with E-state index >= 15 is 0 Å². The average molecular weight is 401 g/mol. The number of hydrogen-bond donors (Lipinski definition) is 1. The van der Waals surface area contributed by atoms with Crippen LogP contribution in [0.2, 0.25) is 0 Å². The Morgan fingerprint density at radius 3 is 2.59 bits per heavy atom. The molecule has 0 aliphatic rings. The molecular weight excluding hydrogens is 380 g/mol. The second kappa shape index (κ2) is 9.43. The number of thiazole rings is 1. The first-order chi connectivity index (χ1) is 13.2. The number of anilines is 1. The monoisotopic (exact) mass is 400 g/mol. The largest absolute Gasteiger partial charge is 0.493 e. The van der Waals surface area contributed by atoms with Gasteiger partial charge < -0.3 is 14.8 Å². The first-order valence-electron chi connectivity index (χ1n) is 8.35. The van der Waals surface area contributed by atoms with Gasteiger partial charge in [0, 0.05) is 15.8 Å². The van der Waals surface area contributed by atoms with E-state index < -0.39 is 0 Å². The highest BCUT2D eigenvalue weighted by Crippen LogP contribution is 2.27. The summed E-state index contributed by atoms with van der Waals surface area (Å²) in [6.45, 7) is 0.264. The number of amides is 1. The molecule has 2 aromatic carbocycles. The summed E-state index contributed by atoms with van der Waals surface area (Å²) in [7, 11) is 1.59. The molecule has 0 spiro atoms. The lowest BCUT2D eigenvalue weighted by molar-refractivity contribution is -0.116. The molecule has 1 amide bonds. The van der Waals surface area contributed by atoms with E-state index in [9.17, 15) is 4.79 Å². The Morgan fingerprint density at radius 2 is 1.89 bits per heavy atom. The summed E-state index contributed by atoms with van der Waals surface area (Å²) in [5, 5.41) is 5.35. The van der Waals surface area contributed by atoms with Crippen molar-refractivity contribution in [3.63, 3.8) is 0 Å². The van der Waals surface area contributed by atoms with E-state index in [1.165, 1.54) is 16.2 Å². The highest BCUT2D eigenvalue weighted by atomic mass is 32.2. The molecule has 1 aromatic heterocycles. The van der Waals surface area contributed by atoms with Gasteiger partial charge in [0.15, 0.2) is 16.6 Å². The topological polar surface area (TPSA) is 60.5 Å². The van der Waals surface area contributed by atoms with Crippen LogP contribution in [0.15, 0.2) is 58.8 Å². The number of para-hydroxylation sites is 2. The van der Waals surface area contributed by atoms with Crippen LogP contribution in [0.1, 0.15) is 6.42 Å². The molecule has 5 nitrogen and oxygen atoms in total. The van der Waals surface area contributed by atoms with Crippen molar-refractivity contribution in [3.8, 4) is 22.8 Å². The van der Waals surface area contributed by atoms with Gasteiger partial charge in [-0.05, 0) is 30.5 Å². The van der Waals surface area contributed by atoms with Gasteiger partial charge in [0.2, 0.25) is 5.91 Å². The number of carbonyl (C=O) groups excluding carboxylic acids is 1. The molecule has 0 radical (unpaired) electrons. The molecule has 140 valence electrons. The number of hydrogen-bond acceptors (Lipinski definition) is 6. The van der Waals surface area contributed by atoms with Crippen molar-refractivity contribution in [3.05, 3.63) is 53.9 Å². The lowest BCUT2D eigenvalue weighted by atomic mass is 10.2. The van der Waals surface area contributed by atoms with Crippen molar-refractivity contribution < 1.29 is 14.3 Å². The molecule has 1 N–H and O–H groups in total. The summed E-state index contributed by atoms with van der Waals surface area (Å²) in [6, 6.07) is 15.6. The molecule has 0 saturated carbocycles. The van der Waals surface area contributed by atoms with E-state index in [1.54, 1.807) is 18.9 Å². The third-order valence-electron chi connectivity index (χ3n) is 3.79. The van der Waals surface area contributed by atoms with Crippen molar-refractivity contribution in [2.45, 2.75) is 11.3 Å². The van der Waals surface area contributed by atoms with Gasteiger partial charge in [0.1, 0.15) is 0 Å². The lowest BCUT2D eigenvalue weighted by Crippen LogP contribution is -2.15. The minimum absolute atomic E-state index is 0.136. The van der Waals surface area contributed by atoms with Crippen LogP contribution in [0.4, 0.5) is 5.13 Å². The smallest absolute Gasteiger partial charge is 0.229 e. The molecule has 7 heteroatoms. The fourth-order valence-corrected chi connectivity index (χ4v) is 3.54. The Kier molecular flexibility index (Phi) is 6.73. The number of carbonyl (C=O) groups is 1. The summed E-state index contributed by atoms with van der Waals surface area (Å²) in [6.07, 6.45) is 2.28. The molecule has 0 unspecified atom stereocenters. The van der Waals surface area contributed by atoms with E-state index in [0.29, 0.717) is 16.6 Å². The molecule has 0 saturated heterocycles. The van der Waals surface area contributed by atoms with E-state index in [0.717, 1.165) is 11.3 Å². The van der Waals surface area contributed by atoms with Crippen LogP contribution in [-0.4, -0.2) is 30.9 Å². The van der Waals surface area contributed by atoms with Crippen LogP contribution in [-0.2, 0) is 4.79 Å². The Bertz CT molecular complexity index is 894. The average Bonchev–Trinajstić information content (AvgIpc) is 3.16. The third-order valence-corrected chi connectivity index (χ3v) is 5.29. The maximum atomic E-state index is 12.1. The standard InChI is InChI=1S/C20H20N2O3S2/c1-24-17-5-3-4-6-18(17)25-12-11-19(23)22-20-21-16(13-27-20)14-7-9-15(26-2)10-8-14/h3-10,13H,11-12H2,1-2H3,(H,21,22,23). The number of benzene rings is 2. The number of nitrogens with one attached hydrogen (secondary N) is 1. The van der Waals surface area contributed by atoms with Gasteiger partial charge in [0.05, 0.1) is 25.8 Å². The minimum Gasteiger partial charge on any atom is -0.493 e. The zero-order valence-electron chi connectivity index (χ0n) is 15.1. The number of rotatable bonds is 8. The molecule has 1 heterocycles. The van der Waals surface area contributed by atoms with Crippen molar-refractivity contribution in [2.24, 2.45) is 0 Å². The predicted octanol–water partition coefficient (Wildman–Crippen LogP) is 4.95. The summed E-state index contributed by atoms with van der Waals surface area (Å²) >= 11 is 3.11. The van der Waals surface area contributed by atoms with Gasteiger partial charge in [-0.2, -0.15) is 0 Å². The first kappa shape index (κ1) is 19.3. The highest BCUT2D eigenvalue weighted by molar-refractivity contribution is 7.98. The number of nitrogens with zero attached hydrogens (tertiary/aromatic N) is 1. The van der Waals surface area contributed by atoms with Gasteiger partial charge in [0.25, 0.3) is 0 Å². The van der Waals surface area contributed by atoms with Crippen molar-refractivity contribution in [2.75, 3.05) is 25.3 Å². The Morgan fingerprint density at radius 1 is 1.15 bits per heavy atom. The summed E-state index contributed by atoms with van der Waals surface area (Å²) in [4.78, 5) is 17.8. The zero-order chi connectivity index (χ0) is 19.1. The van der Waals surface area contributed by atoms with Crippen molar-refractivity contribution >= 4 is 34.1 Å². The van der Waals surface area contributed by atoms with Gasteiger partial charge >= 0.3 is 0 Å². The number of aromatic nitrogens is 1. The molecule has 0 fully saturated rings. The molecule has 0 bridgehead atoms. The van der Waals surface area contributed by atoms with Crippen molar-refractivity contribution in [1.29, 1.82) is 0 Å². The zero-order valence-corrected chi connectivity index (χ0v) is 16.7. The Hall–Kier alpha value is -2.51. The number of thioether (sulfide) groups is 1. The Labute approximate surface area is 166 Å². The Balaban J connectivity index is 1.51. The molecule has 0 aliphatic heterocycles. The molecule has 0 atom stereocenters. The van der Waals surface area contributed by atoms with Crippen molar-refractivity contribution in [1.82, 2.24) is 4.98 Å². The summed E-state index contributed by atoms with van der Waals surface area (Å²) in [5.41, 5.74) is 1.89. The SMILES string of the molecule is COc1ccccc1OCCC(=O)Nc1nc(-c2ccc(SC)cc2)cs1. The van der Waals surface area contributed by atoms with Crippen LogP contribution in [0.3, 0.4) is 0 Å². The van der Waals surface area contributed by atoms with Crippen LogP contribution in [0.5, 0.6) is 11.5 Å². The quantitative estimate of drug-likeness (QED) is 0.542. The molecule has 3 rings (SSSR count). The minimum atomic E-state index is -0.136. The van der Waals surface area contributed by atoms with E-state index in [4.69, 9.17) is 9.47 Å². The normalized spacial score (nSPS) is 10.4. The third kappa shape index (κ3) is 5.24. The van der Waals surface area contributed by atoms with Gasteiger partial charge in [-0.1, -0.05) is 24.3 Å². The van der Waals surface area contributed by atoms with E-state index in [-0.39, 0.29) is 18.9 Å². The number of methoxy groups -OCH3 is 1. The molecular formula is C20H20N2O3S2.